The van der Waals surface area contributed by atoms with Gasteiger partial charge < -0.3 is 20.9 Å². The molecule has 5 nitrogen and oxygen atoms in total. The van der Waals surface area contributed by atoms with E-state index >= 15 is 0 Å². The lowest BCUT2D eigenvalue weighted by Gasteiger charge is -2.35. The number of allylic oxidation sites excluding steroid dienone is 2. The standard InChI is InChI=1S/C51H43N5/c52-50(36-17-7-2-8-18-36)55(51(53)37-19-9-3-10-20-37)34-54-46-29-26-38(31-44(46)43-28-25-40(33-49(43)54)35-15-5-1-6-16-35)39-27-30-48-45(32-39)42-23-13-14-24-47(42)56(48)41-21-11-4-12-22-41/h1-29,31-33,48,50-51H,30,34,52-53H2/t48?,50-,51?/m1/s1. The van der Waals surface area contributed by atoms with Crippen LogP contribution in [0, 0.1) is 0 Å². The van der Waals surface area contributed by atoms with Crippen molar-refractivity contribution < 1.29 is 0 Å². The van der Waals surface area contributed by atoms with Crippen LogP contribution in [0.2, 0.25) is 0 Å². The molecule has 0 saturated carbocycles. The lowest BCUT2D eigenvalue weighted by molar-refractivity contribution is 0.101. The molecule has 0 bridgehead atoms. The molecule has 0 fully saturated rings. The quantitative estimate of drug-likeness (QED) is 0.145. The summed E-state index contributed by atoms with van der Waals surface area (Å²) in [5, 5.41) is 2.41. The van der Waals surface area contributed by atoms with Gasteiger partial charge in [0.05, 0.1) is 36.1 Å². The molecule has 1 aliphatic heterocycles. The highest BCUT2D eigenvalue weighted by Crippen LogP contribution is 2.49. The third-order valence-electron chi connectivity index (χ3n) is 11.7. The second kappa shape index (κ2) is 14.3. The number of hydrogen-bond acceptors (Lipinski definition) is 4. The normalized spacial score (nSPS) is 16.1. The number of benzene rings is 7. The minimum atomic E-state index is -0.438. The zero-order chi connectivity index (χ0) is 37.6. The maximum atomic E-state index is 7.16. The molecule has 3 atom stereocenters. The van der Waals surface area contributed by atoms with Crippen LogP contribution in [0.1, 0.15) is 41.0 Å². The highest BCUT2D eigenvalue weighted by Gasteiger charge is 2.36. The van der Waals surface area contributed by atoms with Gasteiger partial charge in [0.15, 0.2) is 0 Å². The van der Waals surface area contributed by atoms with E-state index in [1.807, 2.05) is 36.4 Å². The van der Waals surface area contributed by atoms with E-state index in [0.29, 0.717) is 6.67 Å². The lowest BCUT2D eigenvalue weighted by Crippen LogP contribution is -2.42. The topological polar surface area (TPSA) is 63.5 Å². The number of anilines is 2. The van der Waals surface area contributed by atoms with Gasteiger partial charge in [0.2, 0.25) is 0 Å². The zero-order valence-corrected chi connectivity index (χ0v) is 31.1. The Bertz CT molecular complexity index is 2690. The van der Waals surface area contributed by atoms with Crippen LogP contribution in [-0.2, 0) is 6.67 Å². The van der Waals surface area contributed by atoms with Gasteiger partial charge >= 0.3 is 0 Å². The van der Waals surface area contributed by atoms with Crippen LogP contribution in [0.5, 0.6) is 0 Å². The van der Waals surface area contributed by atoms with Gasteiger partial charge in [-0.15, -0.1) is 0 Å². The van der Waals surface area contributed by atoms with E-state index in [1.54, 1.807) is 0 Å². The predicted octanol–water partition coefficient (Wildman–Crippen LogP) is 11.4. The van der Waals surface area contributed by atoms with Crippen LogP contribution >= 0.6 is 0 Å². The Morgan fingerprint density at radius 2 is 1.16 bits per heavy atom. The van der Waals surface area contributed by atoms with E-state index in [9.17, 15) is 0 Å². The summed E-state index contributed by atoms with van der Waals surface area (Å²) in [6.07, 6.45) is 4.89. The minimum absolute atomic E-state index is 0.259. The monoisotopic (exact) mass is 725 g/mol. The molecule has 2 heterocycles. The van der Waals surface area contributed by atoms with Crippen LogP contribution in [0.3, 0.4) is 0 Å². The Hall–Kier alpha value is -6.50. The maximum absolute atomic E-state index is 7.16. The number of nitrogens with zero attached hydrogens (tertiary/aromatic N) is 3. The van der Waals surface area contributed by atoms with Crippen molar-refractivity contribution in [2.75, 3.05) is 4.90 Å². The van der Waals surface area contributed by atoms with Crippen molar-refractivity contribution in [3.8, 4) is 11.1 Å². The summed E-state index contributed by atoms with van der Waals surface area (Å²) in [7, 11) is 0. The Morgan fingerprint density at radius 1 is 0.554 bits per heavy atom. The first-order chi connectivity index (χ1) is 27.6. The molecule has 0 saturated heterocycles. The fraction of sp³-hybridized carbons (Fsp3) is 0.0980. The summed E-state index contributed by atoms with van der Waals surface area (Å²) in [6.45, 7) is 0.490. The van der Waals surface area contributed by atoms with Gasteiger partial charge in [-0.3, -0.25) is 0 Å². The van der Waals surface area contributed by atoms with Crippen molar-refractivity contribution in [3.63, 3.8) is 0 Å². The highest BCUT2D eigenvalue weighted by molar-refractivity contribution is 6.10. The average molecular weight is 726 g/mol. The van der Waals surface area contributed by atoms with Crippen LogP contribution < -0.4 is 16.4 Å². The molecule has 56 heavy (non-hydrogen) atoms. The summed E-state index contributed by atoms with van der Waals surface area (Å²) in [5.74, 6) is 0. The summed E-state index contributed by atoms with van der Waals surface area (Å²) < 4.78 is 2.40. The van der Waals surface area contributed by atoms with E-state index < -0.39 is 12.3 Å². The van der Waals surface area contributed by atoms with Gasteiger partial charge in [-0.1, -0.05) is 152 Å². The van der Waals surface area contributed by atoms with E-state index in [0.717, 1.165) is 28.6 Å². The Morgan fingerprint density at radius 3 is 1.86 bits per heavy atom. The molecular weight excluding hydrogens is 683 g/mol. The molecule has 2 aliphatic rings. The second-order valence-corrected chi connectivity index (χ2v) is 14.9. The summed E-state index contributed by atoms with van der Waals surface area (Å²) in [4.78, 5) is 4.71. The first kappa shape index (κ1) is 34.0. The highest BCUT2D eigenvalue weighted by atomic mass is 15.4. The molecule has 0 amide bonds. The van der Waals surface area contributed by atoms with Gasteiger partial charge in [-0.05, 0) is 87.9 Å². The minimum Gasteiger partial charge on any atom is -0.333 e. The summed E-state index contributed by atoms with van der Waals surface area (Å²) in [6, 6.07) is 64.8. The second-order valence-electron chi connectivity index (χ2n) is 14.9. The van der Waals surface area contributed by atoms with Crippen molar-refractivity contribution in [3.05, 3.63) is 216 Å². The molecule has 4 N–H and O–H groups in total. The summed E-state index contributed by atoms with van der Waals surface area (Å²) >= 11 is 0. The third kappa shape index (κ3) is 5.94. The smallest absolute Gasteiger partial charge is 0.0866 e. The van der Waals surface area contributed by atoms with Gasteiger partial charge in [0.1, 0.15) is 0 Å². The number of para-hydroxylation sites is 2. The SMILES string of the molecule is NC(c1ccccc1)N(Cn1c2ccc(C3=CCC4C(=C3)c3ccccc3N4c3ccccc3)cc2c2ccc(-c3ccccc3)cc21)[C@@H](N)c1ccccc1. The average Bonchev–Trinajstić information content (AvgIpc) is 3.77. The molecule has 7 aromatic carbocycles. The van der Waals surface area contributed by atoms with E-state index in [1.165, 1.54) is 55.5 Å². The third-order valence-corrected chi connectivity index (χ3v) is 11.7. The largest absolute Gasteiger partial charge is 0.333 e. The Balaban J connectivity index is 1.10. The van der Waals surface area contributed by atoms with Crippen molar-refractivity contribution in [1.29, 1.82) is 0 Å². The lowest BCUT2D eigenvalue weighted by atomic mass is 9.89. The molecule has 8 aromatic rings. The van der Waals surface area contributed by atoms with E-state index in [2.05, 4.69) is 172 Å². The van der Waals surface area contributed by atoms with Crippen molar-refractivity contribution in [1.82, 2.24) is 9.47 Å². The molecule has 1 aromatic heterocycles. The Labute approximate surface area is 328 Å². The van der Waals surface area contributed by atoms with Gasteiger partial charge in [0.25, 0.3) is 0 Å². The molecule has 5 heteroatoms. The molecule has 2 unspecified atom stereocenters. The predicted molar refractivity (Wildman–Crippen MR) is 233 cm³/mol. The zero-order valence-electron chi connectivity index (χ0n) is 31.1. The molecule has 10 rings (SSSR count). The van der Waals surface area contributed by atoms with Crippen molar-refractivity contribution in [2.45, 2.75) is 31.5 Å². The number of nitrogens with two attached hydrogens (primary N) is 2. The van der Waals surface area contributed by atoms with Gasteiger partial charge in [-0.2, -0.15) is 0 Å². The molecule has 0 spiro atoms. The first-order valence-electron chi connectivity index (χ1n) is 19.5. The number of hydrogen-bond donors (Lipinski definition) is 2. The number of aromatic nitrogens is 1. The number of rotatable bonds is 9. The Kier molecular flexibility index (Phi) is 8.68. The van der Waals surface area contributed by atoms with Gasteiger partial charge in [0, 0.05) is 27.7 Å². The van der Waals surface area contributed by atoms with E-state index in [-0.39, 0.29) is 6.04 Å². The van der Waals surface area contributed by atoms with Crippen LogP contribution in [0.15, 0.2) is 194 Å². The van der Waals surface area contributed by atoms with Crippen LogP contribution in [0.4, 0.5) is 11.4 Å². The maximum Gasteiger partial charge on any atom is 0.0866 e. The first-order valence-corrected chi connectivity index (χ1v) is 19.5. The molecule has 272 valence electrons. The number of fused-ring (bicyclic) bond motifs is 6. The van der Waals surface area contributed by atoms with Crippen molar-refractivity contribution >= 4 is 44.3 Å². The van der Waals surface area contributed by atoms with Crippen molar-refractivity contribution in [2.24, 2.45) is 11.5 Å². The fourth-order valence-electron chi connectivity index (χ4n) is 8.83. The van der Waals surface area contributed by atoms with Crippen LogP contribution in [-0.4, -0.2) is 15.5 Å². The van der Waals surface area contributed by atoms with Gasteiger partial charge in [-0.25, -0.2) is 4.90 Å². The molecule has 1 aliphatic carbocycles. The molecule has 0 radical (unpaired) electrons. The molecular formula is C51H43N5. The fourth-order valence-corrected chi connectivity index (χ4v) is 8.83. The van der Waals surface area contributed by atoms with Crippen LogP contribution in [0.25, 0.3) is 44.1 Å². The van der Waals surface area contributed by atoms with E-state index in [4.69, 9.17) is 11.5 Å². The summed E-state index contributed by atoms with van der Waals surface area (Å²) in [5.41, 5.74) is 28.6.